The molecule has 0 bridgehead atoms. The van der Waals surface area contributed by atoms with Gasteiger partial charge in [-0.05, 0) is 48.0 Å². The second-order valence-electron chi connectivity index (χ2n) is 8.05. The maximum atomic E-state index is 13.1. The van der Waals surface area contributed by atoms with Crippen molar-refractivity contribution in [2.45, 2.75) is 12.6 Å². The Hall–Kier alpha value is -4.20. The molecule has 3 aromatic rings. The monoisotopic (exact) mass is 446 g/mol. The lowest BCUT2D eigenvalue weighted by Crippen LogP contribution is -2.29. The number of aliphatic hydroxyl groups is 1. The highest BCUT2D eigenvalue weighted by atomic mass is 16.5. The van der Waals surface area contributed by atoms with E-state index in [1.807, 2.05) is 11.9 Å². The predicted molar refractivity (Wildman–Crippen MR) is 120 cm³/mol. The van der Waals surface area contributed by atoms with E-state index in [0.29, 0.717) is 35.8 Å². The Morgan fingerprint density at radius 2 is 1.91 bits per heavy atom. The van der Waals surface area contributed by atoms with Crippen molar-refractivity contribution in [1.82, 2.24) is 4.90 Å². The minimum atomic E-state index is -0.847. The van der Waals surface area contributed by atoms with Gasteiger partial charge >= 0.3 is 0 Å². The lowest BCUT2D eigenvalue weighted by molar-refractivity contribution is -0.140. The molecule has 0 radical (unpaired) electrons. The summed E-state index contributed by atoms with van der Waals surface area (Å²) in [4.78, 5) is 29.5. The number of hydrogen-bond donors (Lipinski definition) is 2. The molecule has 8 nitrogen and oxygen atoms in total. The molecule has 168 valence electrons. The lowest BCUT2D eigenvalue weighted by atomic mass is 9.95. The Morgan fingerprint density at radius 1 is 1.12 bits per heavy atom. The second kappa shape index (κ2) is 8.05. The highest BCUT2D eigenvalue weighted by Gasteiger charge is 2.46. The topological polar surface area (TPSA) is 103 Å². The van der Waals surface area contributed by atoms with Gasteiger partial charge in [0.05, 0.1) is 36.7 Å². The largest absolute Gasteiger partial charge is 0.508 e. The number of Topliss-reactive ketones (excluding diaryl/α,β-unsaturated/α-hetero) is 1. The number of hydrogen-bond acceptors (Lipinski definition) is 7. The summed E-state index contributed by atoms with van der Waals surface area (Å²) < 4.78 is 11.1. The van der Waals surface area contributed by atoms with Gasteiger partial charge in [0.1, 0.15) is 29.6 Å². The molecule has 33 heavy (non-hydrogen) atoms. The van der Waals surface area contributed by atoms with Crippen molar-refractivity contribution in [3.8, 4) is 11.5 Å². The van der Waals surface area contributed by atoms with Crippen molar-refractivity contribution < 1.29 is 29.0 Å². The fourth-order valence-corrected chi connectivity index (χ4v) is 4.27. The van der Waals surface area contributed by atoms with Crippen molar-refractivity contribution in [3.63, 3.8) is 0 Å². The molecule has 0 saturated carbocycles. The normalized spacial score (nSPS) is 19.5. The minimum absolute atomic E-state index is 0.0171. The second-order valence-corrected chi connectivity index (χ2v) is 8.05. The van der Waals surface area contributed by atoms with Crippen molar-refractivity contribution >= 4 is 23.1 Å². The number of furan rings is 1. The molecule has 1 atom stereocenters. The number of carbonyl (C=O) groups is 2. The van der Waals surface area contributed by atoms with Gasteiger partial charge in [0.25, 0.3) is 11.7 Å². The first kappa shape index (κ1) is 20.7. The van der Waals surface area contributed by atoms with E-state index in [-0.39, 0.29) is 23.6 Å². The molecule has 2 aliphatic heterocycles. The van der Waals surface area contributed by atoms with Crippen LogP contribution in [0.1, 0.15) is 22.9 Å². The van der Waals surface area contributed by atoms with E-state index >= 15 is 0 Å². The van der Waals surface area contributed by atoms with Gasteiger partial charge in [0, 0.05) is 12.6 Å². The van der Waals surface area contributed by atoms with Crippen LogP contribution >= 0.6 is 0 Å². The van der Waals surface area contributed by atoms with Crippen LogP contribution in [0.25, 0.3) is 5.76 Å². The van der Waals surface area contributed by atoms with Gasteiger partial charge in [-0.3, -0.25) is 9.59 Å². The van der Waals surface area contributed by atoms with Crippen LogP contribution in [0, 0.1) is 0 Å². The van der Waals surface area contributed by atoms with E-state index in [9.17, 15) is 19.8 Å². The SMILES string of the molecule is CN1CCOc2ccc(/C(O)=C3/C(=O)C(=O)N(Cc4ccco4)C3c3ccc(O)cc3)cc21. The first-order chi connectivity index (χ1) is 15.9. The Morgan fingerprint density at radius 3 is 2.64 bits per heavy atom. The number of aromatic hydroxyl groups is 1. The van der Waals surface area contributed by atoms with E-state index in [1.165, 1.54) is 23.3 Å². The summed E-state index contributed by atoms with van der Waals surface area (Å²) in [5, 5.41) is 21.0. The number of likely N-dealkylation sites (N-methyl/N-ethyl adjacent to an activating group) is 1. The molecule has 0 spiro atoms. The number of anilines is 1. The number of amides is 1. The Balaban J connectivity index is 1.64. The fraction of sp³-hybridized carbons (Fsp3) is 0.200. The van der Waals surface area contributed by atoms with Crippen LogP contribution in [0.5, 0.6) is 11.5 Å². The van der Waals surface area contributed by atoms with Gasteiger partial charge < -0.3 is 29.2 Å². The molecule has 3 heterocycles. The predicted octanol–water partition coefficient (Wildman–Crippen LogP) is 3.44. The molecule has 8 heteroatoms. The zero-order valence-electron chi connectivity index (χ0n) is 17.9. The van der Waals surface area contributed by atoms with Crippen molar-refractivity contribution in [2.75, 3.05) is 25.1 Å². The van der Waals surface area contributed by atoms with E-state index < -0.39 is 17.7 Å². The number of aliphatic hydroxyl groups excluding tert-OH is 1. The smallest absolute Gasteiger partial charge is 0.296 e. The number of benzene rings is 2. The Labute approximate surface area is 189 Å². The third-order valence-corrected chi connectivity index (χ3v) is 5.98. The van der Waals surface area contributed by atoms with E-state index in [2.05, 4.69) is 0 Å². The van der Waals surface area contributed by atoms with Gasteiger partial charge in [0.2, 0.25) is 0 Å². The number of fused-ring (bicyclic) bond motifs is 1. The van der Waals surface area contributed by atoms with Crippen LogP contribution in [0.3, 0.4) is 0 Å². The number of phenolic OH excluding ortho intramolecular Hbond substituents is 1. The van der Waals surface area contributed by atoms with Crippen LogP contribution in [0.2, 0.25) is 0 Å². The molecule has 2 aliphatic rings. The summed E-state index contributed by atoms with van der Waals surface area (Å²) in [6.45, 7) is 1.31. The quantitative estimate of drug-likeness (QED) is 0.359. The Bertz CT molecular complexity index is 1250. The summed E-state index contributed by atoms with van der Waals surface area (Å²) in [6.07, 6.45) is 1.49. The number of ketones is 1. The van der Waals surface area contributed by atoms with Gasteiger partial charge in [-0.15, -0.1) is 0 Å². The lowest BCUT2D eigenvalue weighted by Gasteiger charge is -2.28. The highest BCUT2D eigenvalue weighted by Crippen LogP contribution is 2.42. The summed E-state index contributed by atoms with van der Waals surface area (Å²) in [5.74, 6) is -0.527. The van der Waals surface area contributed by atoms with Crippen LogP contribution in [0.4, 0.5) is 5.69 Å². The minimum Gasteiger partial charge on any atom is -0.508 e. The van der Waals surface area contributed by atoms with Crippen molar-refractivity contribution in [2.24, 2.45) is 0 Å². The third-order valence-electron chi connectivity index (χ3n) is 5.98. The summed E-state index contributed by atoms with van der Waals surface area (Å²) in [6, 6.07) is 13.9. The number of likely N-dealkylation sites (tertiary alicyclic amines) is 1. The average molecular weight is 446 g/mol. The molecule has 1 unspecified atom stereocenters. The summed E-state index contributed by atoms with van der Waals surface area (Å²) >= 11 is 0. The summed E-state index contributed by atoms with van der Waals surface area (Å²) in [5.41, 5.74) is 1.76. The van der Waals surface area contributed by atoms with Crippen LogP contribution < -0.4 is 9.64 Å². The molecular formula is C25H22N2O6. The fourth-order valence-electron chi connectivity index (χ4n) is 4.27. The molecule has 1 aromatic heterocycles. The zero-order chi connectivity index (χ0) is 23.1. The van der Waals surface area contributed by atoms with Crippen LogP contribution in [0.15, 0.2) is 70.9 Å². The number of phenols is 1. The Kier molecular flexibility index (Phi) is 5.05. The van der Waals surface area contributed by atoms with Crippen molar-refractivity contribution in [1.29, 1.82) is 0 Å². The average Bonchev–Trinajstić information content (AvgIpc) is 3.42. The van der Waals surface area contributed by atoms with Gasteiger partial charge in [-0.25, -0.2) is 0 Å². The van der Waals surface area contributed by atoms with E-state index in [4.69, 9.17) is 9.15 Å². The number of ether oxygens (including phenoxy) is 1. The van der Waals surface area contributed by atoms with Gasteiger partial charge in [-0.1, -0.05) is 12.1 Å². The molecule has 5 rings (SSSR count). The molecular weight excluding hydrogens is 424 g/mol. The molecule has 1 amide bonds. The molecule has 0 aliphatic carbocycles. The van der Waals surface area contributed by atoms with Gasteiger partial charge in [-0.2, -0.15) is 0 Å². The van der Waals surface area contributed by atoms with E-state index in [0.717, 1.165) is 5.69 Å². The van der Waals surface area contributed by atoms with Gasteiger partial charge in [0.15, 0.2) is 0 Å². The third kappa shape index (κ3) is 3.59. The van der Waals surface area contributed by atoms with E-state index in [1.54, 1.807) is 42.5 Å². The molecule has 1 saturated heterocycles. The molecule has 2 aromatic carbocycles. The number of carbonyl (C=O) groups excluding carboxylic acids is 2. The van der Waals surface area contributed by atoms with Crippen LogP contribution in [-0.2, 0) is 16.1 Å². The van der Waals surface area contributed by atoms with Crippen LogP contribution in [-0.4, -0.2) is 47.0 Å². The standard InChI is InChI=1S/C25H22N2O6/c1-26-10-12-33-20-9-6-16(13-19(20)26)23(29)21-22(15-4-7-17(28)8-5-15)27(25(31)24(21)30)14-18-3-2-11-32-18/h2-9,11,13,22,28-29H,10,12,14H2,1H3/b23-21-. The number of nitrogens with zero attached hydrogens (tertiary/aromatic N) is 2. The first-order valence-electron chi connectivity index (χ1n) is 10.5. The maximum Gasteiger partial charge on any atom is 0.296 e. The van der Waals surface area contributed by atoms with Crippen molar-refractivity contribution in [3.05, 3.63) is 83.3 Å². The molecule has 1 fully saturated rings. The zero-order valence-corrected chi connectivity index (χ0v) is 17.9. The molecule has 2 N–H and O–H groups in total. The summed E-state index contributed by atoms with van der Waals surface area (Å²) in [7, 11) is 1.92. The first-order valence-corrected chi connectivity index (χ1v) is 10.5. The highest BCUT2D eigenvalue weighted by molar-refractivity contribution is 6.46. The maximum absolute atomic E-state index is 13.1. The number of rotatable bonds is 4.